The van der Waals surface area contributed by atoms with E-state index in [1.165, 1.54) is 0 Å². The average molecular weight is 530 g/mol. The van der Waals surface area contributed by atoms with Crippen LogP contribution in [0.4, 0.5) is 11.5 Å². The number of hydrogen-bond acceptors (Lipinski definition) is 7. The normalized spacial score (nSPS) is 15.7. The number of aromatic nitrogens is 4. The molecule has 2 N–H and O–H groups in total. The molecule has 0 radical (unpaired) electrons. The first-order chi connectivity index (χ1) is 18.7. The summed E-state index contributed by atoms with van der Waals surface area (Å²) >= 11 is 0. The lowest BCUT2D eigenvalue weighted by Crippen LogP contribution is -2.46. The van der Waals surface area contributed by atoms with Gasteiger partial charge in [-0.05, 0) is 45.0 Å². The molecular weight excluding hydrogens is 494 g/mol. The molecule has 0 spiro atoms. The van der Waals surface area contributed by atoms with Crippen molar-refractivity contribution in [3.05, 3.63) is 66.4 Å². The molecular formula is C28H35N9O2. The number of amidine groups is 1. The predicted octanol–water partition coefficient (Wildman–Crippen LogP) is 2.39. The van der Waals surface area contributed by atoms with Gasteiger partial charge in [-0.25, -0.2) is 9.98 Å². The van der Waals surface area contributed by atoms with Crippen molar-refractivity contribution in [2.24, 2.45) is 12.0 Å². The Balaban J connectivity index is 1.13. The maximum Gasteiger partial charge on any atom is 0.253 e. The van der Waals surface area contributed by atoms with Crippen LogP contribution in [0.5, 0.6) is 0 Å². The molecule has 1 saturated heterocycles. The first-order valence-corrected chi connectivity index (χ1v) is 13.2. The molecule has 2 amide bonds. The van der Waals surface area contributed by atoms with Crippen molar-refractivity contribution in [1.29, 1.82) is 0 Å². The second-order valence-electron chi connectivity index (χ2n) is 10.8. The molecule has 0 atom stereocenters. The number of piperazine rings is 1. The molecule has 5 rings (SSSR count). The van der Waals surface area contributed by atoms with Gasteiger partial charge in [-0.3, -0.25) is 14.3 Å². The highest BCUT2D eigenvalue weighted by Gasteiger charge is 2.21. The van der Waals surface area contributed by atoms with Gasteiger partial charge in [0, 0.05) is 63.8 Å². The first-order valence-electron chi connectivity index (χ1n) is 13.2. The molecule has 11 nitrogen and oxygen atoms in total. The molecule has 1 fully saturated rings. The number of pyridine rings is 1. The highest BCUT2D eigenvalue weighted by molar-refractivity contribution is 6.05. The summed E-state index contributed by atoms with van der Waals surface area (Å²) in [4.78, 5) is 39.0. The fraction of sp³-hybridized carbons (Fsp3) is 0.393. The van der Waals surface area contributed by atoms with Crippen LogP contribution >= 0.6 is 0 Å². The van der Waals surface area contributed by atoms with Gasteiger partial charge in [0.05, 0.1) is 35.4 Å². The zero-order valence-corrected chi connectivity index (χ0v) is 22.9. The van der Waals surface area contributed by atoms with E-state index < -0.39 is 0 Å². The van der Waals surface area contributed by atoms with E-state index in [2.05, 4.69) is 51.3 Å². The molecule has 204 valence electrons. The number of carbonyl (C=O) groups excluding carboxylic acids is 2. The molecule has 39 heavy (non-hydrogen) atoms. The van der Waals surface area contributed by atoms with E-state index in [0.717, 1.165) is 49.1 Å². The van der Waals surface area contributed by atoms with Crippen LogP contribution in [0, 0.1) is 0 Å². The van der Waals surface area contributed by atoms with Gasteiger partial charge in [0.2, 0.25) is 5.91 Å². The van der Waals surface area contributed by atoms with Crippen LogP contribution in [0.1, 0.15) is 43.2 Å². The Morgan fingerprint density at radius 1 is 1.03 bits per heavy atom. The van der Waals surface area contributed by atoms with Crippen molar-refractivity contribution in [3.8, 4) is 0 Å². The Morgan fingerprint density at radius 2 is 1.79 bits per heavy atom. The van der Waals surface area contributed by atoms with Crippen LogP contribution in [0.2, 0.25) is 0 Å². The van der Waals surface area contributed by atoms with Gasteiger partial charge in [-0.2, -0.15) is 5.10 Å². The number of aryl methyl sites for hydroxylation is 1. The topological polar surface area (TPSA) is 113 Å². The zero-order valence-electron chi connectivity index (χ0n) is 22.9. The maximum atomic E-state index is 12.5. The van der Waals surface area contributed by atoms with Crippen molar-refractivity contribution in [1.82, 2.24) is 30.0 Å². The monoisotopic (exact) mass is 529 g/mol. The summed E-state index contributed by atoms with van der Waals surface area (Å²) in [5.74, 6) is 0.846. The largest absolute Gasteiger partial charge is 0.365 e. The van der Waals surface area contributed by atoms with Crippen molar-refractivity contribution >= 4 is 34.9 Å². The zero-order chi connectivity index (χ0) is 27.6. The fourth-order valence-electron chi connectivity index (χ4n) is 4.59. The van der Waals surface area contributed by atoms with Crippen molar-refractivity contribution in [3.63, 3.8) is 0 Å². The fourth-order valence-corrected chi connectivity index (χ4v) is 4.59. The van der Waals surface area contributed by atoms with Crippen LogP contribution in [0.25, 0.3) is 5.70 Å². The smallest absolute Gasteiger partial charge is 0.253 e. The maximum absolute atomic E-state index is 12.5. The Morgan fingerprint density at radius 3 is 2.49 bits per heavy atom. The summed E-state index contributed by atoms with van der Waals surface area (Å²) in [6, 6.07) is 7.68. The van der Waals surface area contributed by atoms with Crippen LogP contribution < -0.4 is 20.4 Å². The van der Waals surface area contributed by atoms with Gasteiger partial charge >= 0.3 is 0 Å². The lowest BCUT2D eigenvalue weighted by molar-refractivity contribution is -0.118. The minimum atomic E-state index is -0.319. The number of rotatable bonds is 6. The summed E-state index contributed by atoms with van der Waals surface area (Å²) in [6.45, 7) is 9.56. The van der Waals surface area contributed by atoms with E-state index >= 15 is 0 Å². The Bertz CT molecular complexity index is 1420. The van der Waals surface area contributed by atoms with E-state index in [0.29, 0.717) is 17.8 Å². The molecule has 0 bridgehead atoms. The second-order valence-corrected chi connectivity index (χ2v) is 10.8. The molecule has 5 heterocycles. The number of aliphatic imine (C=N–C) groups is 1. The van der Waals surface area contributed by atoms with Gasteiger partial charge in [-0.15, -0.1) is 0 Å². The third kappa shape index (κ3) is 6.19. The van der Waals surface area contributed by atoms with Crippen LogP contribution in [-0.4, -0.2) is 69.7 Å². The molecule has 2 aliphatic rings. The van der Waals surface area contributed by atoms with Crippen molar-refractivity contribution in [2.45, 2.75) is 32.7 Å². The number of carbonyl (C=O) groups is 2. The minimum absolute atomic E-state index is 0.120. The Kier molecular flexibility index (Phi) is 7.23. The molecule has 2 aliphatic heterocycles. The number of nitrogens with one attached hydrogen (secondary N) is 2. The van der Waals surface area contributed by atoms with E-state index in [1.807, 2.05) is 59.2 Å². The molecule has 0 saturated carbocycles. The lowest BCUT2D eigenvalue weighted by atomic mass is 10.1. The van der Waals surface area contributed by atoms with Gasteiger partial charge in [0.25, 0.3) is 5.91 Å². The summed E-state index contributed by atoms with van der Waals surface area (Å²) < 4.78 is 3.79. The van der Waals surface area contributed by atoms with Crippen LogP contribution in [0.3, 0.4) is 0 Å². The van der Waals surface area contributed by atoms with E-state index in [1.54, 1.807) is 12.3 Å². The first kappa shape index (κ1) is 26.2. The molecule has 0 aliphatic carbocycles. The quantitative estimate of drug-likeness (QED) is 0.507. The molecule has 0 unspecified atom stereocenters. The van der Waals surface area contributed by atoms with Crippen LogP contribution in [-0.2, 0) is 17.4 Å². The van der Waals surface area contributed by atoms with Gasteiger partial charge in [0.1, 0.15) is 11.7 Å². The number of anilines is 2. The van der Waals surface area contributed by atoms with E-state index in [-0.39, 0.29) is 23.9 Å². The Hall–Kier alpha value is -4.41. The van der Waals surface area contributed by atoms with Crippen LogP contribution in [0.15, 0.2) is 60.1 Å². The Labute approximate surface area is 228 Å². The van der Waals surface area contributed by atoms with Gasteiger partial charge in [0.15, 0.2) is 0 Å². The summed E-state index contributed by atoms with van der Waals surface area (Å²) in [5.41, 5.74) is 3.03. The number of hydrogen-bond donors (Lipinski definition) is 2. The van der Waals surface area contributed by atoms with Gasteiger partial charge < -0.3 is 25.0 Å². The third-order valence-electron chi connectivity index (χ3n) is 6.82. The standard InChI is InChI=1S/C28H35N9O2/c1-28(2,3)37-11-10-20(18-37)27(39)29-17-26(38)33-24-9-8-23(31-24)22-6-5-7-25(32-22)36-14-12-35(13-15-36)21-16-30-34(4)19-21/h5-8,10-11,16,18-19H,9,12-15,17H2,1-4H3,(H,29,39)(H,31,33,38). The number of nitrogens with zero attached hydrogens (tertiary/aromatic N) is 7. The molecule has 11 heteroatoms. The average Bonchev–Trinajstić information content (AvgIpc) is 3.69. The SMILES string of the molecule is Cn1cc(N2CCN(c3cccc(C4=CCC(NC(=O)CNC(=O)c5ccn(C(C)(C)C)c5)=N4)n3)CC2)cn1. The second kappa shape index (κ2) is 10.8. The minimum Gasteiger partial charge on any atom is -0.365 e. The van der Waals surface area contributed by atoms with E-state index in [4.69, 9.17) is 4.98 Å². The molecule has 3 aromatic rings. The lowest BCUT2D eigenvalue weighted by Gasteiger charge is -2.36. The molecule has 3 aromatic heterocycles. The highest BCUT2D eigenvalue weighted by Crippen LogP contribution is 2.24. The highest BCUT2D eigenvalue weighted by atomic mass is 16.2. The van der Waals surface area contributed by atoms with Gasteiger partial charge in [-0.1, -0.05) is 6.07 Å². The third-order valence-corrected chi connectivity index (χ3v) is 6.82. The van der Waals surface area contributed by atoms with Crippen molar-refractivity contribution in [2.75, 3.05) is 42.5 Å². The predicted molar refractivity (Wildman–Crippen MR) is 152 cm³/mol. The number of amides is 2. The summed E-state index contributed by atoms with van der Waals surface area (Å²) in [6.07, 6.45) is 10.0. The van der Waals surface area contributed by atoms with Crippen molar-refractivity contribution < 1.29 is 9.59 Å². The molecule has 0 aromatic carbocycles. The summed E-state index contributed by atoms with van der Waals surface area (Å²) in [5, 5.41) is 9.75. The summed E-state index contributed by atoms with van der Waals surface area (Å²) in [7, 11) is 1.93. The van der Waals surface area contributed by atoms with E-state index in [9.17, 15) is 9.59 Å².